The van der Waals surface area contributed by atoms with Gasteiger partial charge in [-0.15, -0.1) is 0 Å². The van der Waals surface area contributed by atoms with Gasteiger partial charge in [0.25, 0.3) is 0 Å². The number of para-hydroxylation sites is 1. The van der Waals surface area contributed by atoms with Gasteiger partial charge in [0.15, 0.2) is 0 Å². The predicted octanol–water partition coefficient (Wildman–Crippen LogP) is 2.44. The summed E-state index contributed by atoms with van der Waals surface area (Å²) in [6, 6.07) is 10.2. The van der Waals surface area contributed by atoms with Crippen molar-refractivity contribution < 1.29 is 9.47 Å². The molecule has 4 nitrogen and oxygen atoms in total. The summed E-state index contributed by atoms with van der Waals surface area (Å²) in [4.78, 5) is 4.57. The highest BCUT2D eigenvalue weighted by atomic mass is 16.5. The van der Waals surface area contributed by atoms with Crippen LogP contribution in [-0.2, 0) is 16.1 Å². The number of rotatable bonds is 6. The number of ether oxygens (including phenoxy) is 2. The fourth-order valence-corrected chi connectivity index (χ4v) is 1.81. The normalized spacial score (nSPS) is 10.8. The second-order valence-electron chi connectivity index (χ2n) is 3.98. The number of hydrogen-bond acceptors (Lipinski definition) is 4. The minimum Gasteiger partial charge on any atom is -0.382 e. The van der Waals surface area contributed by atoms with E-state index in [1.807, 2.05) is 25.2 Å². The number of methoxy groups -OCH3 is 1. The number of nitrogens with one attached hydrogen (secondary N) is 1. The fourth-order valence-electron chi connectivity index (χ4n) is 1.81. The minimum atomic E-state index is 0.539. The molecule has 2 rings (SSSR count). The summed E-state index contributed by atoms with van der Waals surface area (Å²) >= 11 is 0. The third-order valence-corrected chi connectivity index (χ3v) is 2.73. The molecule has 0 atom stereocenters. The maximum atomic E-state index is 5.55. The molecule has 1 aromatic carbocycles. The van der Waals surface area contributed by atoms with Crippen molar-refractivity contribution in [3.05, 3.63) is 35.9 Å². The first-order valence-corrected chi connectivity index (χ1v) is 5.98. The van der Waals surface area contributed by atoms with Crippen LogP contribution < -0.4 is 5.32 Å². The monoisotopic (exact) mass is 246 g/mol. The van der Waals surface area contributed by atoms with Crippen LogP contribution in [0.1, 0.15) is 5.56 Å². The van der Waals surface area contributed by atoms with E-state index in [0.717, 1.165) is 22.3 Å². The van der Waals surface area contributed by atoms with Crippen LogP contribution in [0.5, 0.6) is 0 Å². The molecular formula is C14H18N2O2. The number of nitrogens with zero attached hydrogens (tertiary/aromatic N) is 1. The van der Waals surface area contributed by atoms with Gasteiger partial charge in [0.05, 0.1) is 25.3 Å². The highest BCUT2D eigenvalue weighted by molar-refractivity contribution is 5.81. The largest absolute Gasteiger partial charge is 0.382 e. The number of pyridine rings is 1. The van der Waals surface area contributed by atoms with Gasteiger partial charge in [-0.25, -0.2) is 4.98 Å². The molecule has 1 heterocycles. The van der Waals surface area contributed by atoms with Crippen LogP contribution >= 0.6 is 0 Å². The summed E-state index contributed by atoms with van der Waals surface area (Å²) in [5.74, 6) is 0.867. The van der Waals surface area contributed by atoms with Gasteiger partial charge in [0.1, 0.15) is 5.82 Å². The number of benzene rings is 1. The van der Waals surface area contributed by atoms with Crippen molar-refractivity contribution in [3.8, 4) is 0 Å². The molecule has 0 saturated carbocycles. The van der Waals surface area contributed by atoms with Gasteiger partial charge in [-0.1, -0.05) is 18.2 Å². The Labute approximate surface area is 107 Å². The standard InChI is InChI=1S/C14H18N2O2/c1-15-14-12(10-18-8-7-17-2)9-11-5-3-4-6-13(11)16-14/h3-6,9H,7-8,10H2,1-2H3,(H,15,16). The molecule has 0 saturated heterocycles. The van der Waals surface area contributed by atoms with Crippen molar-refractivity contribution in [2.75, 3.05) is 32.7 Å². The zero-order chi connectivity index (χ0) is 12.8. The molecule has 0 aliphatic carbocycles. The van der Waals surface area contributed by atoms with Gasteiger partial charge in [-0.05, 0) is 12.1 Å². The maximum absolute atomic E-state index is 5.55. The average molecular weight is 246 g/mol. The number of anilines is 1. The molecular weight excluding hydrogens is 228 g/mol. The fraction of sp³-hybridized carbons (Fsp3) is 0.357. The lowest BCUT2D eigenvalue weighted by molar-refractivity contribution is 0.0618. The van der Waals surface area contributed by atoms with Gasteiger partial charge < -0.3 is 14.8 Å². The van der Waals surface area contributed by atoms with E-state index in [1.165, 1.54) is 0 Å². The summed E-state index contributed by atoms with van der Waals surface area (Å²) in [6.07, 6.45) is 0. The quantitative estimate of drug-likeness (QED) is 0.795. The molecule has 0 bridgehead atoms. The molecule has 4 heteroatoms. The van der Waals surface area contributed by atoms with Crippen molar-refractivity contribution >= 4 is 16.7 Å². The van der Waals surface area contributed by atoms with Crippen molar-refractivity contribution in [1.29, 1.82) is 0 Å². The lowest BCUT2D eigenvalue weighted by Crippen LogP contribution is -2.05. The van der Waals surface area contributed by atoms with Gasteiger partial charge in [0.2, 0.25) is 0 Å². The Morgan fingerprint density at radius 1 is 1.22 bits per heavy atom. The molecule has 0 aliphatic rings. The van der Waals surface area contributed by atoms with E-state index >= 15 is 0 Å². The highest BCUT2D eigenvalue weighted by Gasteiger charge is 2.05. The van der Waals surface area contributed by atoms with Crippen molar-refractivity contribution in [2.45, 2.75) is 6.61 Å². The first-order chi connectivity index (χ1) is 8.85. The average Bonchev–Trinajstić information content (AvgIpc) is 2.42. The van der Waals surface area contributed by atoms with E-state index in [2.05, 4.69) is 22.4 Å². The Morgan fingerprint density at radius 3 is 2.83 bits per heavy atom. The molecule has 0 aliphatic heterocycles. The van der Waals surface area contributed by atoms with Crippen molar-refractivity contribution in [2.24, 2.45) is 0 Å². The lowest BCUT2D eigenvalue weighted by atomic mass is 10.1. The summed E-state index contributed by atoms with van der Waals surface area (Å²) in [6.45, 7) is 1.74. The molecule has 1 N–H and O–H groups in total. The van der Waals surface area contributed by atoms with Crippen molar-refractivity contribution in [1.82, 2.24) is 4.98 Å². The Balaban J connectivity index is 2.19. The molecule has 18 heavy (non-hydrogen) atoms. The van der Waals surface area contributed by atoms with Crippen LogP contribution in [0.15, 0.2) is 30.3 Å². The van der Waals surface area contributed by atoms with E-state index in [9.17, 15) is 0 Å². The molecule has 1 aromatic heterocycles. The highest BCUT2D eigenvalue weighted by Crippen LogP contribution is 2.20. The van der Waals surface area contributed by atoms with Crippen LogP contribution in [0.25, 0.3) is 10.9 Å². The van der Waals surface area contributed by atoms with Crippen molar-refractivity contribution in [3.63, 3.8) is 0 Å². The summed E-state index contributed by atoms with van der Waals surface area (Å²) < 4.78 is 10.5. The second-order valence-corrected chi connectivity index (χ2v) is 3.98. The van der Waals surface area contributed by atoms with Gasteiger partial charge in [-0.3, -0.25) is 0 Å². The minimum absolute atomic E-state index is 0.539. The van der Waals surface area contributed by atoms with Crippen LogP contribution in [0.2, 0.25) is 0 Å². The van der Waals surface area contributed by atoms with E-state index < -0.39 is 0 Å². The third kappa shape index (κ3) is 2.97. The molecule has 0 radical (unpaired) electrons. The zero-order valence-corrected chi connectivity index (χ0v) is 10.8. The van der Waals surface area contributed by atoms with E-state index in [-0.39, 0.29) is 0 Å². The number of hydrogen-bond donors (Lipinski definition) is 1. The molecule has 0 fully saturated rings. The maximum Gasteiger partial charge on any atom is 0.131 e. The topological polar surface area (TPSA) is 43.4 Å². The Kier molecular flexibility index (Phi) is 4.50. The van der Waals surface area contributed by atoms with E-state index in [4.69, 9.17) is 9.47 Å². The van der Waals surface area contributed by atoms with E-state index in [1.54, 1.807) is 7.11 Å². The summed E-state index contributed by atoms with van der Waals surface area (Å²) in [5.41, 5.74) is 2.05. The molecule has 0 spiro atoms. The SMILES string of the molecule is CNc1nc2ccccc2cc1COCCOC. The smallest absolute Gasteiger partial charge is 0.131 e. The van der Waals surface area contributed by atoms with Crippen LogP contribution in [0, 0.1) is 0 Å². The number of aromatic nitrogens is 1. The van der Waals surface area contributed by atoms with Crippen LogP contribution in [0.3, 0.4) is 0 Å². The first kappa shape index (κ1) is 12.8. The molecule has 0 unspecified atom stereocenters. The van der Waals surface area contributed by atoms with Gasteiger partial charge in [-0.2, -0.15) is 0 Å². The van der Waals surface area contributed by atoms with Gasteiger partial charge in [0, 0.05) is 25.1 Å². The zero-order valence-electron chi connectivity index (χ0n) is 10.8. The predicted molar refractivity (Wildman–Crippen MR) is 72.8 cm³/mol. The number of fused-ring (bicyclic) bond motifs is 1. The second kappa shape index (κ2) is 6.33. The van der Waals surface area contributed by atoms with Crippen LogP contribution in [0.4, 0.5) is 5.82 Å². The Hall–Kier alpha value is -1.65. The first-order valence-electron chi connectivity index (χ1n) is 5.98. The summed E-state index contributed by atoms with van der Waals surface area (Å²) in [7, 11) is 3.54. The molecule has 0 amide bonds. The molecule has 96 valence electrons. The van der Waals surface area contributed by atoms with Crippen LogP contribution in [-0.4, -0.2) is 32.4 Å². The summed E-state index contributed by atoms with van der Waals surface area (Å²) in [5, 5.41) is 4.23. The lowest BCUT2D eigenvalue weighted by Gasteiger charge is -2.10. The third-order valence-electron chi connectivity index (χ3n) is 2.73. The Morgan fingerprint density at radius 2 is 2.06 bits per heavy atom. The van der Waals surface area contributed by atoms with E-state index in [0.29, 0.717) is 19.8 Å². The van der Waals surface area contributed by atoms with Gasteiger partial charge >= 0.3 is 0 Å². The Bertz CT molecular complexity index is 514. The molecule has 2 aromatic rings.